The van der Waals surface area contributed by atoms with Crippen LogP contribution >= 0.6 is 0 Å². The monoisotopic (exact) mass is 290 g/mol. The van der Waals surface area contributed by atoms with Crippen molar-refractivity contribution in [2.75, 3.05) is 11.9 Å². The molecule has 8 nitrogen and oxygen atoms in total. The van der Waals surface area contributed by atoms with Crippen molar-refractivity contribution in [3.05, 3.63) is 52.6 Å². The SMILES string of the molecule is O=C(O)c1cccc([N+](=O)[O-])c1NCCCn1ccnc1. The minimum Gasteiger partial charge on any atom is -0.478 e. The molecule has 0 spiro atoms. The number of benzene rings is 1. The molecule has 0 unspecified atom stereocenters. The maximum Gasteiger partial charge on any atom is 0.338 e. The number of nitrogens with one attached hydrogen (secondary N) is 1. The van der Waals surface area contributed by atoms with Crippen molar-refractivity contribution in [1.82, 2.24) is 9.55 Å². The highest BCUT2D eigenvalue weighted by Crippen LogP contribution is 2.28. The van der Waals surface area contributed by atoms with E-state index in [-0.39, 0.29) is 16.9 Å². The van der Waals surface area contributed by atoms with Gasteiger partial charge in [0.15, 0.2) is 0 Å². The van der Waals surface area contributed by atoms with Gasteiger partial charge in [-0.2, -0.15) is 0 Å². The van der Waals surface area contributed by atoms with E-state index in [1.165, 1.54) is 18.2 Å². The van der Waals surface area contributed by atoms with Gasteiger partial charge in [-0.1, -0.05) is 6.07 Å². The number of aryl methyl sites for hydroxylation is 1. The lowest BCUT2D eigenvalue weighted by Gasteiger charge is -2.10. The van der Waals surface area contributed by atoms with Crippen molar-refractivity contribution >= 4 is 17.3 Å². The highest BCUT2D eigenvalue weighted by molar-refractivity contribution is 5.96. The Hall–Kier alpha value is -2.90. The molecule has 1 aromatic heterocycles. The van der Waals surface area contributed by atoms with Crippen LogP contribution in [0.15, 0.2) is 36.9 Å². The first-order valence-electron chi connectivity index (χ1n) is 6.30. The number of nitro groups is 1. The first kappa shape index (κ1) is 14.5. The predicted molar refractivity (Wildman–Crippen MR) is 75.4 cm³/mol. The molecule has 2 N–H and O–H groups in total. The van der Waals surface area contributed by atoms with E-state index in [1.807, 2.05) is 10.8 Å². The molecule has 0 aliphatic rings. The van der Waals surface area contributed by atoms with E-state index < -0.39 is 10.9 Å². The number of hydrogen-bond acceptors (Lipinski definition) is 5. The number of aromatic nitrogens is 2. The first-order chi connectivity index (χ1) is 10.1. The van der Waals surface area contributed by atoms with Crippen LogP contribution in [0.25, 0.3) is 0 Å². The Morgan fingerprint density at radius 3 is 2.90 bits per heavy atom. The third-order valence-corrected chi connectivity index (χ3v) is 2.92. The van der Waals surface area contributed by atoms with Gasteiger partial charge in [-0.05, 0) is 12.5 Å². The van der Waals surface area contributed by atoms with Gasteiger partial charge < -0.3 is 15.0 Å². The topological polar surface area (TPSA) is 110 Å². The smallest absolute Gasteiger partial charge is 0.338 e. The van der Waals surface area contributed by atoms with Crippen molar-refractivity contribution < 1.29 is 14.8 Å². The fourth-order valence-electron chi connectivity index (χ4n) is 1.95. The molecule has 0 amide bonds. The number of aromatic carboxylic acids is 1. The number of rotatable bonds is 7. The van der Waals surface area contributed by atoms with Gasteiger partial charge in [0.2, 0.25) is 0 Å². The highest BCUT2D eigenvalue weighted by Gasteiger charge is 2.20. The Morgan fingerprint density at radius 1 is 1.48 bits per heavy atom. The van der Waals surface area contributed by atoms with Crippen molar-refractivity contribution in [1.29, 1.82) is 0 Å². The molecular formula is C13H14N4O4. The van der Waals surface area contributed by atoms with Crippen molar-refractivity contribution in [2.45, 2.75) is 13.0 Å². The summed E-state index contributed by atoms with van der Waals surface area (Å²) in [7, 11) is 0. The van der Waals surface area contributed by atoms with E-state index >= 15 is 0 Å². The fourth-order valence-corrected chi connectivity index (χ4v) is 1.95. The van der Waals surface area contributed by atoms with E-state index in [2.05, 4.69) is 10.3 Å². The zero-order valence-corrected chi connectivity index (χ0v) is 11.1. The molecule has 0 bridgehead atoms. The van der Waals surface area contributed by atoms with E-state index in [1.54, 1.807) is 12.5 Å². The molecule has 2 aromatic rings. The molecule has 1 heterocycles. The summed E-state index contributed by atoms with van der Waals surface area (Å²) in [4.78, 5) is 25.4. The lowest BCUT2D eigenvalue weighted by molar-refractivity contribution is -0.384. The first-order valence-corrected chi connectivity index (χ1v) is 6.30. The minimum absolute atomic E-state index is 0.0423. The summed E-state index contributed by atoms with van der Waals surface area (Å²) in [5.41, 5.74) is -0.301. The van der Waals surface area contributed by atoms with Crippen LogP contribution < -0.4 is 5.32 Å². The van der Waals surface area contributed by atoms with Gasteiger partial charge in [-0.15, -0.1) is 0 Å². The van der Waals surface area contributed by atoms with Gasteiger partial charge in [-0.25, -0.2) is 9.78 Å². The number of carboxylic acid groups (broad SMARTS) is 1. The number of nitro benzene ring substituents is 1. The molecule has 0 radical (unpaired) electrons. The summed E-state index contributed by atoms with van der Waals surface area (Å²) in [5, 5.41) is 22.9. The summed E-state index contributed by atoms with van der Waals surface area (Å²) in [6.45, 7) is 1.11. The van der Waals surface area contributed by atoms with Crippen LogP contribution in [0, 0.1) is 10.1 Å². The molecule has 8 heteroatoms. The average molecular weight is 290 g/mol. The van der Waals surface area contributed by atoms with Crippen LogP contribution in [0.5, 0.6) is 0 Å². The summed E-state index contributed by atoms with van der Waals surface area (Å²) in [6.07, 6.45) is 5.83. The Balaban J connectivity index is 2.06. The summed E-state index contributed by atoms with van der Waals surface area (Å²) in [5.74, 6) is -1.20. The average Bonchev–Trinajstić information content (AvgIpc) is 2.96. The molecule has 1 aromatic carbocycles. The molecule has 0 atom stereocenters. The van der Waals surface area contributed by atoms with Gasteiger partial charge in [0.25, 0.3) is 5.69 Å². The molecule has 0 aliphatic carbocycles. The van der Waals surface area contributed by atoms with Gasteiger partial charge in [-0.3, -0.25) is 10.1 Å². The zero-order chi connectivity index (χ0) is 15.2. The molecule has 0 saturated heterocycles. The van der Waals surface area contributed by atoms with Crippen LogP contribution in [-0.4, -0.2) is 32.1 Å². The van der Waals surface area contributed by atoms with Crippen LogP contribution in [0.2, 0.25) is 0 Å². The number of carboxylic acids is 1. The molecule has 0 fully saturated rings. The maximum atomic E-state index is 11.1. The number of imidazole rings is 1. The standard InChI is InChI=1S/C13H14N4O4/c18-13(19)10-3-1-4-11(17(20)21)12(10)15-5-2-7-16-8-6-14-9-16/h1,3-4,6,8-9,15H,2,5,7H2,(H,18,19). The van der Waals surface area contributed by atoms with Crippen LogP contribution in [0.4, 0.5) is 11.4 Å². The zero-order valence-electron chi connectivity index (χ0n) is 11.1. The number of para-hydroxylation sites is 1. The molecular weight excluding hydrogens is 276 g/mol. The number of carbonyl (C=O) groups is 1. The number of hydrogen-bond donors (Lipinski definition) is 2. The fraction of sp³-hybridized carbons (Fsp3) is 0.231. The van der Waals surface area contributed by atoms with Crippen LogP contribution in [0.1, 0.15) is 16.8 Å². The molecule has 21 heavy (non-hydrogen) atoms. The Kier molecular flexibility index (Phi) is 4.50. The van der Waals surface area contributed by atoms with Crippen molar-refractivity contribution in [2.24, 2.45) is 0 Å². The summed E-state index contributed by atoms with van der Waals surface area (Å²) >= 11 is 0. The second kappa shape index (κ2) is 6.51. The lowest BCUT2D eigenvalue weighted by atomic mass is 10.1. The van der Waals surface area contributed by atoms with Gasteiger partial charge in [0, 0.05) is 31.5 Å². The molecule has 110 valence electrons. The van der Waals surface area contributed by atoms with Crippen LogP contribution in [-0.2, 0) is 6.54 Å². The predicted octanol–water partition coefficient (Wildman–Crippen LogP) is 1.99. The van der Waals surface area contributed by atoms with E-state index in [0.717, 1.165) is 0 Å². The second-order valence-corrected chi connectivity index (χ2v) is 4.34. The molecule has 0 aliphatic heterocycles. The van der Waals surface area contributed by atoms with Crippen molar-refractivity contribution in [3.8, 4) is 0 Å². The normalized spacial score (nSPS) is 10.3. The third kappa shape index (κ3) is 3.56. The largest absolute Gasteiger partial charge is 0.478 e. The van der Waals surface area contributed by atoms with Gasteiger partial charge in [0.05, 0.1) is 16.8 Å². The van der Waals surface area contributed by atoms with E-state index in [0.29, 0.717) is 19.5 Å². The Labute approximate surface area is 120 Å². The molecule has 0 saturated carbocycles. The Morgan fingerprint density at radius 2 is 2.29 bits per heavy atom. The van der Waals surface area contributed by atoms with Crippen molar-refractivity contribution in [3.63, 3.8) is 0 Å². The van der Waals surface area contributed by atoms with Gasteiger partial charge in [0.1, 0.15) is 5.69 Å². The third-order valence-electron chi connectivity index (χ3n) is 2.92. The maximum absolute atomic E-state index is 11.1. The quantitative estimate of drug-likeness (QED) is 0.458. The second-order valence-electron chi connectivity index (χ2n) is 4.34. The van der Waals surface area contributed by atoms with Crippen LogP contribution in [0.3, 0.4) is 0 Å². The highest BCUT2D eigenvalue weighted by atomic mass is 16.6. The number of nitrogens with zero attached hydrogens (tertiary/aromatic N) is 3. The summed E-state index contributed by atoms with van der Waals surface area (Å²) < 4.78 is 1.87. The van der Waals surface area contributed by atoms with E-state index in [9.17, 15) is 14.9 Å². The molecule has 2 rings (SSSR count). The van der Waals surface area contributed by atoms with Gasteiger partial charge >= 0.3 is 5.97 Å². The summed E-state index contributed by atoms with van der Waals surface area (Å²) in [6, 6.07) is 3.98. The minimum atomic E-state index is -1.20. The number of anilines is 1. The Bertz CT molecular complexity index is 607. The van der Waals surface area contributed by atoms with E-state index in [4.69, 9.17) is 5.11 Å². The lowest BCUT2D eigenvalue weighted by Crippen LogP contribution is -2.11.